The van der Waals surface area contributed by atoms with Crippen molar-refractivity contribution < 1.29 is 4.79 Å². The average Bonchev–Trinajstić information content (AvgIpc) is 3.25. The second-order valence-corrected chi connectivity index (χ2v) is 6.15. The molecule has 3 rings (SSSR count). The van der Waals surface area contributed by atoms with E-state index in [0.717, 1.165) is 0 Å². The van der Waals surface area contributed by atoms with Crippen LogP contribution in [0.2, 0.25) is 0 Å². The Morgan fingerprint density at radius 3 is 2.83 bits per heavy atom. The topological polar surface area (TPSA) is 87.7 Å². The van der Waals surface area contributed by atoms with Gasteiger partial charge in [0.05, 0.1) is 6.42 Å². The van der Waals surface area contributed by atoms with E-state index in [9.17, 15) is 9.59 Å². The van der Waals surface area contributed by atoms with Crippen LogP contribution in [0.1, 0.15) is 24.6 Å². The molecule has 0 bridgehead atoms. The zero-order chi connectivity index (χ0) is 16.4. The van der Waals surface area contributed by atoms with Gasteiger partial charge in [0.25, 0.3) is 5.56 Å². The molecule has 2 aromatic heterocycles. The van der Waals surface area contributed by atoms with Crippen molar-refractivity contribution in [2.45, 2.75) is 26.7 Å². The number of aryl methyl sites for hydroxylation is 1. The number of pyridine rings is 1. The van der Waals surface area contributed by atoms with Crippen LogP contribution in [-0.2, 0) is 11.2 Å². The van der Waals surface area contributed by atoms with E-state index in [1.54, 1.807) is 25.3 Å². The van der Waals surface area contributed by atoms with E-state index in [4.69, 9.17) is 0 Å². The number of aromatic amines is 1. The minimum Gasteiger partial charge on any atom is -0.356 e. The van der Waals surface area contributed by atoms with Gasteiger partial charge in [0, 0.05) is 24.0 Å². The molecule has 1 amide bonds. The van der Waals surface area contributed by atoms with Crippen molar-refractivity contribution in [2.24, 2.45) is 11.8 Å². The molecule has 1 aliphatic rings. The van der Waals surface area contributed by atoms with Crippen molar-refractivity contribution in [1.29, 1.82) is 0 Å². The Kier molecular flexibility index (Phi) is 4.23. The van der Waals surface area contributed by atoms with Gasteiger partial charge in [-0.3, -0.25) is 14.6 Å². The summed E-state index contributed by atoms with van der Waals surface area (Å²) in [4.78, 5) is 35.5. The fourth-order valence-corrected chi connectivity index (χ4v) is 2.59. The molecule has 23 heavy (non-hydrogen) atoms. The summed E-state index contributed by atoms with van der Waals surface area (Å²) in [5.74, 6) is 1.57. The van der Waals surface area contributed by atoms with Gasteiger partial charge in [0.2, 0.25) is 5.91 Å². The highest BCUT2D eigenvalue weighted by molar-refractivity contribution is 5.78. The van der Waals surface area contributed by atoms with Crippen LogP contribution in [-0.4, -0.2) is 27.4 Å². The fourth-order valence-electron chi connectivity index (χ4n) is 2.59. The van der Waals surface area contributed by atoms with E-state index in [1.807, 2.05) is 6.07 Å². The highest BCUT2D eigenvalue weighted by Gasteiger charge is 2.32. The second kappa shape index (κ2) is 6.32. The van der Waals surface area contributed by atoms with Crippen LogP contribution in [0.4, 0.5) is 0 Å². The Morgan fingerprint density at radius 2 is 2.22 bits per heavy atom. The van der Waals surface area contributed by atoms with Crippen LogP contribution in [0.5, 0.6) is 0 Å². The first-order valence-electron chi connectivity index (χ1n) is 7.82. The van der Waals surface area contributed by atoms with Crippen LogP contribution < -0.4 is 10.9 Å². The van der Waals surface area contributed by atoms with Gasteiger partial charge in [-0.2, -0.15) is 0 Å². The number of hydrogen-bond acceptors (Lipinski definition) is 4. The molecule has 0 saturated heterocycles. The molecule has 1 fully saturated rings. The Labute approximate surface area is 134 Å². The van der Waals surface area contributed by atoms with Crippen molar-refractivity contribution >= 4 is 5.91 Å². The van der Waals surface area contributed by atoms with Crippen molar-refractivity contribution in [3.63, 3.8) is 0 Å². The van der Waals surface area contributed by atoms with Crippen LogP contribution in [0.3, 0.4) is 0 Å². The Hall–Kier alpha value is -2.50. The lowest BCUT2D eigenvalue weighted by Crippen LogP contribution is -2.30. The van der Waals surface area contributed by atoms with Gasteiger partial charge >= 0.3 is 0 Å². The zero-order valence-electron chi connectivity index (χ0n) is 13.3. The van der Waals surface area contributed by atoms with Gasteiger partial charge in [-0.15, -0.1) is 0 Å². The summed E-state index contributed by atoms with van der Waals surface area (Å²) in [7, 11) is 0. The van der Waals surface area contributed by atoms with Crippen molar-refractivity contribution in [3.8, 4) is 11.5 Å². The maximum absolute atomic E-state index is 12.3. The maximum Gasteiger partial charge on any atom is 0.255 e. The third kappa shape index (κ3) is 3.64. The highest BCUT2D eigenvalue weighted by atomic mass is 16.2. The monoisotopic (exact) mass is 312 g/mol. The molecule has 1 aliphatic carbocycles. The molecular formula is C17H20N4O2. The van der Waals surface area contributed by atoms with E-state index < -0.39 is 0 Å². The molecule has 0 unspecified atom stereocenters. The summed E-state index contributed by atoms with van der Waals surface area (Å²) in [6.07, 6.45) is 2.86. The number of carbonyl (C=O) groups is 1. The van der Waals surface area contributed by atoms with Crippen molar-refractivity contribution in [2.75, 3.05) is 6.54 Å². The molecule has 2 aromatic rings. The lowest BCUT2D eigenvalue weighted by molar-refractivity contribution is -0.120. The fraction of sp³-hybridized carbons (Fsp3) is 0.412. The maximum atomic E-state index is 12.3. The number of H-pyrrole nitrogens is 1. The molecule has 2 N–H and O–H groups in total. The van der Waals surface area contributed by atoms with E-state index in [0.29, 0.717) is 41.2 Å². The molecule has 1 saturated carbocycles. The molecule has 0 aromatic carbocycles. The third-order valence-electron chi connectivity index (χ3n) is 4.30. The lowest BCUT2D eigenvalue weighted by Gasteiger charge is -2.08. The van der Waals surface area contributed by atoms with Crippen LogP contribution in [0.15, 0.2) is 29.2 Å². The summed E-state index contributed by atoms with van der Waals surface area (Å²) < 4.78 is 0. The quantitative estimate of drug-likeness (QED) is 0.875. The van der Waals surface area contributed by atoms with Crippen molar-refractivity contribution in [1.82, 2.24) is 20.3 Å². The first kappa shape index (κ1) is 15.4. The first-order chi connectivity index (χ1) is 11.0. The summed E-state index contributed by atoms with van der Waals surface area (Å²) in [5.41, 5.74) is 1.29. The summed E-state index contributed by atoms with van der Waals surface area (Å²) in [6.45, 7) is 4.61. The molecular weight excluding hydrogens is 292 g/mol. The second-order valence-electron chi connectivity index (χ2n) is 6.15. The lowest BCUT2D eigenvalue weighted by atomic mass is 10.1. The number of rotatable bonds is 5. The van der Waals surface area contributed by atoms with Gasteiger partial charge < -0.3 is 10.3 Å². The smallest absolute Gasteiger partial charge is 0.255 e. The predicted molar refractivity (Wildman–Crippen MR) is 86.8 cm³/mol. The van der Waals surface area contributed by atoms with Crippen LogP contribution in [0, 0.1) is 18.8 Å². The molecule has 0 radical (unpaired) electrons. The number of amides is 1. The number of aromatic nitrogens is 3. The first-order valence-corrected chi connectivity index (χ1v) is 7.82. The van der Waals surface area contributed by atoms with Crippen molar-refractivity contribution in [3.05, 3.63) is 46.0 Å². The number of nitrogens with zero attached hydrogens (tertiary/aromatic N) is 2. The van der Waals surface area contributed by atoms with Gasteiger partial charge in [-0.1, -0.05) is 13.0 Å². The average molecular weight is 312 g/mol. The number of carbonyl (C=O) groups excluding carboxylic acids is 1. The Morgan fingerprint density at radius 1 is 1.43 bits per heavy atom. The molecule has 0 spiro atoms. The minimum atomic E-state index is -0.284. The van der Waals surface area contributed by atoms with Crippen LogP contribution in [0.25, 0.3) is 11.5 Å². The Balaban J connectivity index is 1.73. The minimum absolute atomic E-state index is 0.0533. The zero-order valence-corrected chi connectivity index (χ0v) is 13.3. The summed E-state index contributed by atoms with van der Waals surface area (Å²) in [5, 5.41) is 2.89. The SMILES string of the molecule is Cc1nc(-c2ccccn2)[nH]c(=O)c1CC(=O)NC[C@@H]1C[C@H]1C. The third-order valence-corrected chi connectivity index (χ3v) is 4.30. The number of nitrogens with one attached hydrogen (secondary N) is 2. The van der Waals surface area contributed by atoms with E-state index in [1.165, 1.54) is 6.42 Å². The normalized spacial score (nSPS) is 19.4. The highest BCUT2D eigenvalue weighted by Crippen LogP contribution is 2.36. The van der Waals surface area contributed by atoms with Gasteiger partial charge in [-0.25, -0.2) is 4.98 Å². The molecule has 0 aliphatic heterocycles. The van der Waals surface area contributed by atoms with E-state index in [-0.39, 0.29) is 17.9 Å². The van der Waals surface area contributed by atoms with Gasteiger partial charge in [0.1, 0.15) is 5.69 Å². The Bertz CT molecular complexity index is 770. The predicted octanol–water partition coefficient (Wildman–Crippen LogP) is 1.46. The molecule has 120 valence electrons. The van der Waals surface area contributed by atoms with Crippen LogP contribution >= 0.6 is 0 Å². The molecule has 6 heteroatoms. The largest absolute Gasteiger partial charge is 0.356 e. The summed E-state index contributed by atoms with van der Waals surface area (Å²) in [6, 6.07) is 5.41. The van der Waals surface area contributed by atoms with Gasteiger partial charge in [0.15, 0.2) is 5.82 Å². The number of hydrogen-bond donors (Lipinski definition) is 2. The molecule has 6 nitrogen and oxygen atoms in total. The van der Waals surface area contributed by atoms with E-state index in [2.05, 4.69) is 27.2 Å². The summed E-state index contributed by atoms with van der Waals surface area (Å²) >= 11 is 0. The molecule has 2 atom stereocenters. The molecule has 2 heterocycles. The standard InChI is InChI=1S/C17H20N4O2/c1-10-7-12(10)9-19-15(22)8-13-11(2)20-16(21-17(13)23)14-5-3-4-6-18-14/h3-6,10,12H,7-9H2,1-2H3,(H,19,22)(H,20,21,23)/t10-,12+/m1/s1. The van der Waals surface area contributed by atoms with Gasteiger partial charge in [-0.05, 0) is 37.3 Å². The van der Waals surface area contributed by atoms with E-state index >= 15 is 0 Å².